The van der Waals surface area contributed by atoms with Crippen molar-refractivity contribution in [3.8, 4) is 11.5 Å². The van der Waals surface area contributed by atoms with E-state index in [4.69, 9.17) is 21.1 Å². The number of ether oxygens (including phenoxy) is 2. The van der Waals surface area contributed by atoms with Crippen LogP contribution in [0.2, 0.25) is 5.02 Å². The number of hydrogen-bond acceptors (Lipinski definition) is 7. The molecule has 0 saturated heterocycles. The highest BCUT2D eigenvalue weighted by molar-refractivity contribution is 6.30. The minimum atomic E-state index is -1.15. The van der Waals surface area contributed by atoms with Gasteiger partial charge in [0, 0.05) is 40.8 Å². The second kappa shape index (κ2) is 9.59. The number of nitrogens with one attached hydrogen (secondary N) is 1. The highest BCUT2D eigenvalue weighted by Crippen LogP contribution is 2.35. The van der Waals surface area contributed by atoms with Crippen molar-refractivity contribution in [3.05, 3.63) is 101 Å². The van der Waals surface area contributed by atoms with Gasteiger partial charge in [-0.05, 0) is 66.7 Å². The maximum Gasteiger partial charge on any atom is 0.335 e. The van der Waals surface area contributed by atoms with Crippen molar-refractivity contribution in [2.24, 2.45) is 0 Å². The third-order valence-corrected chi connectivity index (χ3v) is 5.94. The second-order valence-corrected chi connectivity index (χ2v) is 8.50. The zero-order valence-electron chi connectivity index (χ0n) is 19.1. The number of carboxylic acids is 1. The number of halogens is 1. The van der Waals surface area contributed by atoms with Gasteiger partial charge in [0.1, 0.15) is 5.69 Å². The lowest BCUT2D eigenvalue weighted by atomic mass is 10.0. The highest BCUT2D eigenvalue weighted by Gasteiger charge is 2.17. The molecule has 1 aliphatic heterocycles. The van der Waals surface area contributed by atoms with Gasteiger partial charge in [-0.3, -0.25) is 9.78 Å². The maximum atomic E-state index is 13.2. The minimum absolute atomic E-state index is 0.0248. The summed E-state index contributed by atoms with van der Waals surface area (Å²) in [6.07, 6.45) is 1.59. The molecule has 0 fully saturated rings. The fourth-order valence-electron chi connectivity index (χ4n) is 3.78. The molecule has 180 valence electrons. The number of carbonyl (C=O) groups excluding carboxylic acids is 1. The standard InChI is InChI=1S/C27H20ClN3O5/c1-31(21-5-2-18(28)3-6-21)22-7-8-23(29-14-22)26(32)16-10-17(27(33)34)12-20(11-16)30-19-4-9-24-25(13-19)36-15-35-24/h2-14,30H,15H2,1H3,(H,33,34). The Morgan fingerprint density at radius 2 is 1.61 bits per heavy atom. The van der Waals surface area contributed by atoms with Crippen molar-refractivity contribution in [1.29, 1.82) is 0 Å². The summed E-state index contributed by atoms with van der Waals surface area (Å²) in [6.45, 7) is 0.146. The van der Waals surface area contributed by atoms with Crippen LogP contribution in [0.1, 0.15) is 26.4 Å². The van der Waals surface area contributed by atoms with Gasteiger partial charge < -0.3 is 24.8 Å². The van der Waals surface area contributed by atoms with Crippen LogP contribution in [0.15, 0.2) is 79.0 Å². The molecule has 2 heterocycles. The van der Waals surface area contributed by atoms with Crippen LogP contribution in [0.5, 0.6) is 11.5 Å². The number of anilines is 4. The highest BCUT2D eigenvalue weighted by atomic mass is 35.5. The fourth-order valence-corrected chi connectivity index (χ4v) is 3.90. The van der Waals surface area contributed by atoms with E-state index in [1.54, 1.807) is 54.7 Å². The molecule has 0 saturated carbocycles. The minimum Gasteiger partial charge on any atom is -0.478 e. The van der Waals surface area contributed by atoms with Crippen LogP contribution in [-0.2, 0) is 0 Å². The van der Waals surface area contributed by atoms with E-state index in [0.717, 1.165) is 11.4 Å². The first kappa shape index (κ1) is 23.2. The summed E-state index contributed by atoms with van der Waals surface area (Å²) < 4.78 is 10.7. The Labute approximate surface area is 211 Å². The molecule has 0 unspecified atom stereocenters. The molecule has 1 aromatic heterocycles. The summed E-state index contributed by atoms with van der Waals surface area (Å²) in [6, 6.07) is 20.4. The van der Waals surface area contributed by atoms with Crippen molar-refractivity contribution in [3.63, 3.8) is 0 Å². The van der Waals surface area contributed by atoms with Crippen LogP contribution in [-0.4, -0.2) is 35.7 Å². The summed E-state index contributed by atoms with van der Waals surface area (Å²) in [5.74, 6) is -0.329. The average molecular weight is 502 g/mol. The zero-order valence-corrected chi connectivity index (χ0v) is 19.8. The second-order valence-electron chi connectivity index (χ2n) is 8.06. The number of benzene rings is 3. The Bertz CT molecular complexity index is 1460. The van der Waals surface area contributed by atoms with Crippen molar-refractivity contribution >= 4 is 46.1 Å². The number of carboxylic acid groups (broad SMARTS) is 1. The predicted molar refractivity (Wildman–Crippen MR) is 136 cm³/mol. The molecule has 2 N–H and O–H groups in total. The van der Waals surface area contributed by atoms with Crippen molar-refractivity contribution in [2.45, 2.75) is 0 Å². The molecule has 5 rings (SSSR count). The molecule has 0 aliphatic carbocycles. The zero-order chi connectivity index (χ0) is 25.2. The van der Waals surface area contributed by atoms with Crippen molar-refractivity contribution in [2.75, 3.05) is 24.1 Å². The van der Waals surface area contributed by atoms with E-state index in [-0.39, 0.29) is 23.6 Å². The average Bonchev–Trinajstić information content (AvgIpc) is 3.36. The smallest absolute Gasteiger partial charge is 0.335 e. The van der Waals surface area contributed by atoms with Gasteiger partial charge in [-0.25, -0.2) is 4.79 Å². The summed E-state index contributed by atoms with van der Waals surface area (Å²) in [4.78, 5) is 31.2. The molecule has 3 aromatic carbocycles. The molecule has 9 heteroatoms. The summed E-state index contributed by atoms with van der Waals surface area (Å²) in [5.41, 5.74) is 3.16. The summed E-state index contributed by atoms with van der Waals surface area (Å²) in [5, 5.41) is 13.4. The molecular formula is C27H20ClN3O5. The number of nitrogens with zero attached hydrogens (tertiary/aromatic N) is 2. The predicted octanol–water partition coefficient (Wildman–Crippen LogP) is 5.90. The molecule has 0 spiro atoms. The first-order valence-electron chi connectivity index (χ1n) is 10.9. The van der Waals surface area contributed by atoms with Crippen LogP contribution in [0.25, 0.3) is 0 Å². The molecule has 1 aliphatic rings. The molecular weight excluding hydrogens is 482 g/mol. The monoisotopic (exact) mass is 501 g/mol. The van der Waals surface area contributed by atoms with E-state index < -0.39 is 11.8 Å². The lowest BCUT2D eigenvalue weighted by Crippen LogP contribution is -2.11. The van der Waals surface area contributed by atoms with Gasteiger partial charge in [0.15, 0.2) is 11.5 Å². The Kier molecular flexibility index (Phi) is 6.18. The van der Waals surface area contributed by atoms with Crippen LogP contribution in [0, 0.1) is 0 Å². The van der Waals surface area contributed by atoms with Crippen LogP contribution >= 0.6 is 11.6 Å². The normalized spacial score (nSPS) is 11.7. The number of fused-ring (bicyclic) bond motifs is 1. The third kappa shape index (κ3) is 4.80. The quantitative estimate of drug-likeness (QED) is 0.302. The van der Waals surface area contributed by atoms with Crippen molar-refractivity contribution in [1.82, 2.24) is 4.98 Å². The fraction of sp³-hybridized carbons (Fsp3) is 0.0741. The molecule has 0 amide bonds. The lowest BCUT2D eigenvalue weighted by molar-refractivity contribution is 0.0697. The number of aromatic carboxylic acids is 1. The number of aromatic nitrogens is 1. The van der Waals surface area contributed by atoms with Gasteiger partial charge in [-0.2, -0.15) is 0 Å². The van der Waals surface area contributed by atoms with Crippen LogP contribution in [0.3, 0.4) is 0 Å². The maximum absolute atomic E-state index is 13.2. The number of hydrogen-bond donors (Lipinski definition) is 2. The summed E-state index contributed by atoms with van der Waals surface area (Å²) in [7, 11) is 1.88. The molecule has 0 atom stereocenters. The first-order valence-corrected chi connectivity index (χ1v) is 11.3. The van der Waals surface area contributed by atoms with E-state index in [1.165, 1.54) is 12.1 Å². The van der Waals surface area contributed by atoms with Crippen LogP contribution < -0.4 is 19.7 Å². The van der Waals surface area contributed by atoms with E-state index in [1.807, 2.05) is 24.1 Å². The number of pyridine rings is 1. The van der Waals surface area contributed by atoms with Gasteiger partial charge in [-0.1, -0.05) is 11.6 Å². The summed E-state index contributed by atoms with van der Waals surface area (Å²) >= 11 is 5.97. The van der Waals surface area contributed by atoms with E-state index in [9.17, 15) is 14.7 Å². The molecule has 8 nitrogen and oxygen atoms in total. The number of carbonyl (C=O) groups is 2. The van der Waals surface area contributed by atoms with Gasteiger partial charge in [0.05, 0.1) is 17.4 Å². The van der Waals surface area contributed by atoms with E-state index >= 15 is 0 Å². The Morgan fingerprint density at radius 1 is 0.889 bits per heavy atom. The van der Waals surface area contributed by atoms with E-state index in [2.05, 4.69) is 10.3 Å². The Hall–Kier alpha value is -4.56. The Morgan fingerprint density at radius 3 is 2.33 bits per heavy atom. The largest absolute Gasteiger partial charge is 0.478 e. The van der Waals surface area contributed by atoms with Gasteiger partial charge in [0.2, 0.25) is 12.6 Å². The SMILES string of the molecule is CN(c1ccc(Cl)cc1)c1ccc(C(=O)c2cc(Nc3ccc4c(c3)OCO4)cc(C(=O)O)c2)nc1. The lowest BCUT2D eigenvalue weighted by Gasteiger charge is -2.19. The molecule has 36 heavy (non-hydrogen) atoms. The van der Waals surface area contributed by atoms with Gasteiger partial charge in [0.25, 0.3) is 0 Å². The Balaban J connectivity index is 1.40. The number of ketones is 1. The topological polar surface area (TPSA) is 101 Å². The van der Waals surface area contributed by atoms with E-state index in [0.29, 0.717) is 27.9 Å². The van der Waals surface area contributed by atoms with Crippen molar-refractivity contribution < 1.29 is 24.2 Å². The number of rotatable bonds is 7. The molecule has 0 bridgehead atoms. The van der Waals surface area contributed by atoms with Gasteiger partial charge in [-0.15, -0.1) is 0 Å². The molecule has 0 radical (unpaired) electrons. The van der Waals surface area contributed by atoms with Gasteiger partial charge >= 0.3 is 5.97 Å². The van der Waals surface area contributed by atoms with Crippen LogP contribution in [0.4, 0.5) is 22.7 Å². The first-order chi connectivity index (χ1) is 17.4. The third-order valence-electron chi connectivity index (χ3n) is 5.69. The molecule has 4 aromatic rings.